The van der Waals surface area contributed by atoms with Gasteiger partial charge in [0.15, 0.2) is 0 Å². The van der Waals surface area contributed by atoms with Gasteiger partial charge < -0.3 is 10.3 Å². The lowest BCUT2D eigenvalue weighted by atomic mass is 10.2. The fourth-order valence-corrected chi connectivity index (χ4v) is 3.44. The van der Waals surface area contributed by atoms with E-state index in [0.717, 1.165) is 0 Å². The molecule has 7 heteroatoms. The zero-order valence-electron chi connectivity index (χ0n) is 11.6. The van der Waals surface area contributed by atoms with Crippen LogP contribution in [0.5, 0.6) is 0 Å². The van der Waals surface area contributed by atoms with E-state index >= 15 is 0 Å². The van der Waals surface area contributed by atoms with Gasteiger partial charge >= 0.3 is 0 Å². The smallest absolute Gasteiger partial charge is 0.245 e. The number of benzene rings is 1. The summed E-state index contributed by atoms with van der Waals surface area (Å²) in [6.07, 6.45) is 0. The molecule has 0 aliphatic rings. The Morgan fingerprint density at radius 2 is 2.05 bits per heavy atom. The van der Waals surface area contributed by atoms with Gasteiger partial charge in [-0.3, -0.25) is 0 Å². The van der Waals surface area contributed by atoms with E-state index in [-0.39, 0.29) is 17.1 Å². The normalized spacial score (nSPS) is 12.0. The highest BCUT2D eigenvalue weighted by atomic mass is 32.2. The van der Waals surface area contributed by atoms with Crippen LogP contribution in [0, 0.1) is 13.8 Å². The fraction of sp³-hybridized carbons (Fsp3) is 0.308. The Kier molecular flexibility index (Phi) is 3.82. The molecule has 1 aromatic carbocycles. The summed E-state index contributed by atoms with van der Waals surface area (Å²) in [5.74, 6) is 0.640. The highest BCUT2D eigenvalue weighted by molar-refractivity contribution is 7.89. The first-order valence-corrected chi connectivity index (χ1v) is 7.50. The Morgan fingerprint density at radius 1 is 1.35 bits per heavy atom. The lowest BCUT2D eigenvalue weighted by molar-refractivity contribution is 0.378. The van der Waals surface area contributed by atoms with Gasteiger partial charge in [-0.25, -0.2) is 8.42 Å². The Bertz CT molecular complexity index is 702. The molecule has 1 heterocycles. The fourth-order valence-electron chi connectivity index (χ4n) is 1.99. The van der Waals surface area contributed by atoms with Crippen LogP contribution in [0.1, 0.15) is 17.0 Å². The van der Waals surface area contributed by atoms with E-state index in [2.05, 4.69) is 5.16 Å². The predicted octanol–water partition coefficient (Wildman–Crippen LogP) is 1.69. The second-order valence-electron chi connectivity index (χ2n) is 4.68. The standard InChI is InChI=1S/C13H17N3O3S/c1-9-5-4-6-12(14)13(9)20(17,18)16(3)8-11-7-10(2)19-15-11/h4-7H,8,14H2,1-3H3. The van der Waals surface area contributed by atoms with Crippen LogP contribution >= 0.6 is 0 Å². The van der Waals surface area contributed by atoms with Gasteiger partial charge in [0, 0.05) is 13.1 Å². The van der Waals surface area contributed by atoms with Crippen molar-refractivity contribution in [1.82, 2.24) is 9.46 Å². The van der Waals surface area contributed by atoms with Crippen LogP contribution in [0.15, 0.2) is 33.7 Å². The molecule has 20 heavy (non-hydrogen) atoms. The van der Waals surface area contributed by atoms with Gasteiger partial charge in [-0.05, 0) is 25.5 Å². The van der Waals surface area contributed by atoms with Crippen molar-refractivity contribution in [2.24, 2.45) is 0 Å². The molecular weight excluding hydrogens is 278 g/mol. The Morgan fingerprint density at radius 3 is 2.60 bits per heavy atom. The topological polar surface area (TPSA) is 89.4 Å². The monoisotopic (exact) mass is 295 g/mol. The molecule has 0 atom stereocenters. The number of aromatic nitrogens is 1. The molecule has 1 aromatic heterocycles. The van der Waals surface area contributed by atoms with Crippen molar-refractivity contribution in [1.29, 1.82) is 0 Å². The Balaban J connectivity index is 2.35. The van der Waals surface area contributed by atoms with Crippen molar-refractivity contribution >= 4 is 15.7 Å². The van der Waals surface area contributed by atoms with Crippen molar-refractivity contribution < 1.29 is 12.9 Å². The molecule has 108 valence electrons. The number of sulfonamides is 1. The van der Waals surface area contributed by atoms with Gasteiger partial charge in [-0.2, -0.15) is 4.31 Å². The molecular formula is C13H17N3O3S. The summed E-state index contributed by atoms with van der Waals surface area (Å²) in [6, 6.07) is 6.73. The Labute approximate surface area is 118 Å². The highest BCUT2D eigenvalue weighted by Crippen LogP contribution is 2.26. The van der Waals surface area contributed by atoms with E-state index in [0.29, 0.717) is 17.0 Å². The van der Waals surface area contributed by atoms with Crippen molar-refractivity contribution in [3.05, 3.63) is 41.3 Å². The second-order valence-corrected chi connectivity index (χ2v) is 6.66. The van der Waals surface area contributed by atoms with E-state index < -0.39 is 10.0 Å². The molecule has 0 unspecified atom stereocenters. The lowest BCUT2D eigenvalue weighted by Gasteiger charge is -2.18. The van der Waals surface area contributed by atoms with Gasteiger partial charge in [0.2, 0.25) is 10.0 Å². The molecule has 0 bridgehead atoms. The molecule has 0 saturated heterocycles. The molecule has 2 N–H and O–H groups in total. The molecule has 2 rings (SSSR count). The third kappa shape index (κ3) is 2.68. The van der Waals surface area contributed by atoms with Crippen LogP contribution in [0.4, 0.5) is 5.69 Å². The van der Waals surface area contributed by atoms with E-state index in [4.69, 9.17) is 10.3 Å². The number of hydrogen-bond donors (Lipinski definition) is 1. The number of nitrogens with two attached hydrogens (primary N) is 1. The van der Waals surface area contributed by atoms with Crippen LogP contribution in [-0.2, 0) is 16.6 Å². The van der Waals surface area contributed by atoms with Crippen molar-refractivity contribution in [2.75, 3.05) is 12.8 Å². The quantitative estimate of drug-likeness (QED) is 0.867. The SMILES string of the molecule is Cc1cc(CN(C)S(=O)(=O)c2c(C)cccc2N)no1. The minimum Gasteiger partial charge on any atom is -0.398 e. The summed E-state index contributed by atoms with van der Waals surface area (Å²) < 4.78 is 31.3. The minimum absolute atomic E-state index is 0.132. The summed E-state index contributed by atoms with van der Waals surface area (Å²) in [7, 11) is -2.17. The van der Waals surface area contributed by atoms with Crippen LogP contribution in [0.2, 0.25) is 0 Å². The van der Waals surface area contributed by atoms with E-state index in [9.17, 15) is 8.42 Å². The first-order valence-electron chi connectivity index (χ1n) is 6.06. The number of aryl methyl sites for hydroxylation is 2. The van der Waals surface area contributed by atoms with E-state index in [1.54, 1.807) is 38.1 Å². The average Bonchev–Trinajstić information content (AvgIpc) is 2.74. The minimum atomic E-state index is -3.66. The van der Waals surface area contributed by atoms with Crippen LogP contribution in [-0.4, -0.2) is 24.9 Å². The maximum absolute atomic E-state index is 12.6. The van der Waals surface area contributed by atoms with Crippen LogP contribution < -0.4 is 5.73 Å². The number of nitrogens with zero attached hydrogens (tertiary/aromatic N) is 2. The van der Waals surface area contributed by atoms with Gasteiger partial charge in [0.05, 0.1) is 17.9 Å². The second kappa shape index (κ2) is 5.26. The molecule has 6 nitrogen and oxygen atoms in total. The Hall–Kier alpha value is -1.86. The zero-order valence-corrected chi connectivity index (χ0v) is 12.4. The average molecular weight is 295 g/mol. The number of anilines is 1. The summed E-state index contributed by atoms with van der Waals surface area (Å²) >= 11 is 0. The summed E-state index contributed by atoms with van der Waals surface area (Å²) in [6.45, 7) is 3.61. The summed E-state index contributed by atoms with van der Waals surface area (Å²) in [5.41, 5.74) is 7.22. The van der Waals surface area contributed by atoms with Gasteiger partial charge in [0.25, 0.3) is 0 Å². The first-order chi connectivity index (χ1) is 9.32. The molecule has 0 fully saturated rings. The van der Waals surface area contributed by atoms with Crippen molar-refractivity contribution in [2.45, 2.75) is 25.3 Å². The van der Waals surface area contributed by atoms with Crippen LogP contribution in [0.3, 0.4) is 0 Å². The lowest BCUT2D eigenvalue weighted by Crippen LogP contribution is -2.28. The van der Waals surface area contributed by atoms with E-state index in [1.807, 2.05) is 0 Å². The zero-order chi connectivity index (χ0) is 14.9. The third-order valence-electron chi connectivity index (χ3n) is 2.97. The van der Waals surface area contributed by atoms with Crippen molar-refractivity contribution in [3.8, 4) is 0 Å². The maximum Gasteiger partial charge on any atom is 0.245 e. The molecule has 0 aliphatic carbocycles. The molecule has 0 aliphatic heterocycles. The van der Waals surface area contributed by atoms with E-state index in [1.165, 1.54) is 11.4 Å². The molecule has 0 radical (unpaired) electrons. The number of nitrogen functional groups attached to an aromatic ring is 1. The summed E-state index contributed by atoms with van der Waals surface area (Å²) in [5, 5.41) is 3.80. The molecule has 2 aromatic rings. The van der Waals surface area contributed by atoms with Gasteiger partial charge in [-0.15, -0.1) is 0 Å². The van der Waals surface area contributed by atoms with Crippen molar-refractivity contribution in [3.63, 3.8) is 0 Å². The maximum atomic E-state index is 12.6. The predicted molar refractivity (Wildman–Crippen MR) is 75.5 cm³/mol. The summed E-state index contributed by atoms with van der Waals surface area (Å²) in [4.78, 5) is 0.141. The number of hydrogen-bond acceptors (Lipinski definition) is 5. The number of rotatable bonds is 4. The third-order valence-corrected chi connectivity index (χ3v) is 5.00. The molecule has 0 amide bonds. The van der Waals surface area contributed by atoms with Gasteiger partial charge in [0.1, 0.15) is 10.7 Å². The molecule has 0 spiro atoms. The molecule has 0 saturated carbocycles. The highest BCUT2D eigenvalue weighted by Gasteiger charge is 2.25. The van der Waals surface area contributed by atoms with Gasteiger partial charge in [-0.1, -0.05) is 17.3 Å². The van der Waals surface area contributed by atoms with Crippen LogP contribution in [0.25, 0.3) is 0 Å². The first kappa shape index (κ1) is 14.5. The largest absolute Gasteiger partial charge is 0.398 e.